The van der Waals surface area contributed by atoms with Gasteiger partial charge < -0.3 is 20.7 Å². The lowest BCUT2D eigenvalue weighted by Gasteiger charge is -2.29. The molecular weight excluding hydrogens is 689 g/mol. The van der Waals surface area contributed by atoms with E-state index in [0.29, 0.717) is 30.2 Å². The minimum atomic E-state index is -4.53. The normalized spacial score (nSPS) is 15.3. The number of allylic oxidation sites excluding steroid dienone is 1. The summed E-state index contributed by atoms with van der Waals surface area (Å²) in [7, 11) is 0. The average molecular weight is 746 g/mol. The summed E-state index contributed by atoms with van der Waals surface area (Å²) in [6.45, 7) is 17.4. The lowest BCUT2D eigenvalue weighted by Crippen LogP contribution is -2.29. The number of carbonyl (C=O) groups is 2. The fraction of sp³-hybridized carbons (Fsp3) is 0.512. The molecule has 2 aromatic rings. The van der Waals surface area contributed by atoms with Gasteiger partial charge in [-0.05, 0) is 79.0 Å². The first-order valence-corrected chi connectivity index (χ1v) is 18.4. The molecule has 0 spiro atoms. The number of nitrogens with two attached hydrogens (primary N) is 1. The third-order valence-corrected chi connectivity index (χ3v) is 9.20. The second-order valence-electron chi connectivity index (χ2n) is 14.0. The van der Waals surface area contributed by atoms with Crippen LogP contribution in [0.15, 0.2) is 72.4 Å². The van der Waals surface area contributed by atoms with Crippen LogP contribution in [0.25, 0.3) is 5.57 Å². The maximum atomic E-state index is 13.6. The number of Topliss-reactive ketones (excluding diaryl/α,β-unsaturated/α-hetero) is 1. The van der Waals surface area contributed by atoms with E-state index in [1.165, 1.54) is 6.92 Å². The monoisotopic (exact) mass is 745 g/mol. The van der Waals surface area contributed by atoms with Gasteiger partial charge in [0, 0.05) is 49.1 Å². The average Bonchev–Trinajstić information content (AvgIpc) is 3.10. The van der Waals surface area contributed by atoms with E-state index in [1.54, 1.807) is 37.7 Å². The van der Waals surface area contributed by atoms with Gasteiger partial charge in [-0.3, -0.25) is 4.79 Å². The van der Waals surface area contributed by atoms with Crippen molar-refractivity contribution in [2.24, 2.45) is 28.5 Å². The van der Waals surface area contributed by atoms with Gasteiger partial charge in [0.2, 0.25) is 0 Å². The predicted octanol–water partition coefficient (Wildman–Crippen LogP) is 11.2. The minimum Gasteiger partial charge on any atom is -0.382 e. The lowest BCUT2D eigenvalue weighted by molar-refractivity contribution is -0.137. The molecule has 1 aliphatic heterocycles. The number of carbonyl (C=O) groups excluding carboxylic acids is 2. The molecule has 292 valence electrons. The highest BCUT2D eigenvalue weighted by molar-refractivity contribution is 6.06. The Morgan fingerprint density at radius 2 is 1.70 bits per heavy atom. The number of aromatic nitrogens is 1. The second-order valence-corrected chi connectivity index (χ2v) is 14.0. The molecule has 1 aromatic carbocycles. The number of alkyl halides is 5. The number of amidine groups is 1. The van der Waals surface area contributed by atoms with E-state index < -0.39 is 29.5 Å². The topological polar surface area (TPSA) is 101 Å². The summed E-state index contributed by atoms with van der Waals surface area (Å²) >= 11 is 0. The number of hydrogen-bond donors (Lipinski definition) is 2. The number of aliphatic imine (C=N–C) groups is 1. The highest BCUT2D eigenvalue weighted by Crippen LogP contribution is 2.36. The van der Waals surface area contributed by atoms with Gasteiger partial charge in [0.05, 0.1) is 11.3 Å². The first-order valence-electron chi connectivity index (χ1n) is 18.4. The number of amides is 1. The van der Waals surface area contributed by atoms with Crippen LogP contribution in [-0.2, 0) is 17.4 Å². The number of unbranched alkanes of at least 4 members (excludes halogenated alkanes) is 1. The number of ketones is 1. The van der Waals surface area contributed by atoms with Crippen molar-refractivity contribution in [1.82, 2.24) is 9.88 Å². The Hall–Kier alpha value is -4.35. The molecule has 0 radical (unpaired) electrons. The largest absolute Gasteiger partial charge is 0.416 e. The quantitative estimate of drug-likeness (QED) is 0.124. The van der Waals surface area contributed by atoms with E-state index in [0.717, 1.165) is 72.8 Å². The van der Waals surface area contributed by atoms with Gasteiger partial charge in [-0.25, -0.2) is 18.8 Å². The smallest absolute Gasteiger partial charge is 0.382 e. The van der Waals surface area contributed by atoms with Gasteiger partial charge in [-0.2, -0.15) is 13.2 Å². The minimum absolute atomic E-state index is 0.0106. The summed E-state index contributed by atoms with van der Waals surface area (Å²) in [4.78, 5) is 33.6. The van der Waals surface area contributed by atoms with Crippen molar-refractivity contribution in [3.63, 3.8) is 0 Å². The summed E-state index contributed by atoms with van der Waals surface area (Å²) in [5, 5.41) is 2.48. The summed E-state index contributed by atoms with van der Waals surface area (Å²) in [5.41, 5.74) is 9.34. The van der Waals surface area contributed by atoms with E-state index >= 15 is 0 Å². The third kappa shape index (κ3) is 13.9. The molecule has 0 saturated carbocycles. The van der Waals surface area contributed by atoms with Gasteiger partial charge in [0.1, 0.15) is 17.4 Å². The van der Waals surface area contributed by atoms with Crippen molar-refractivity contribution >= 4 is 28.9 Å². The van der Waals surface area contributed by atoms with Gasteiger partial charge in [0.15, 0.2) is 0 Å². The summed E-state index contributed by atoms with van der Waals surface area (Å²) in [6, 6.07) is 6.96. The second kappa shape index (κ2) is 20.8. The van der Waals surface area contributed by atoms with Crippen molar-refractivity contribution in [1.29, 1.82) is 0 Å². The maximum Gasteiger partial charge on any atom is 0.416 e. The Labute approximate surface area is 311 Å². The maximum absolute atomic E-state index is 13.6. The van der Waals surface area contributed by atoms with Crippen molar-refractivity contribution in [3.05, 3.63) is 89.7 Å². The van der Waals surface area contributed by atoms with Crippen LogP contribution >= 0.6 is 0 Å². The molecule has 7 nitrogen and oxygen atoms in total. The molecule has 1 amide bonds. The number of hydrogen-bond acceptors (Lipinski definition) is 6. The fourth-order valence-corrected chi connectivity index (χ4v) is 5.85. The molecule has 0 saturated heterocycles. The van der Waals surface area contributed by atoms with Crippen LogP contribution in [0.2, 0.25) is 0 Å². The molecule has 2 heterocycles. The summed E-state index contributed by atoms with van der Waals surface area (Å²) < 4.78 is 66.3. The molecule has 53 heavy (non-hydrogen) atoms. The molecule has 12 heteroatoms. The highest BCUT2D eigenvalue weighted by atomic mass is 19.4. The molecule has 3 N–H and O–H groups in total. The molecule has 2 atom stereocenters. The summed E-state index contributed by atoms with van der Waals surface area (Å²) in [6.07, 6.45) is 7.12. The van der Waals surface area contributed by atoms with E-state index in [-0.39, 0.29) is 30.4 Å². The predicted molar refractivity (Wildman–Crippen MR) is 204 cm³/mol. The van der Waals surface area contributed by atoms with E-state index in [9.17, 15) is 31.5 Å². The Bertz CT molecular complexity index is 1630. The zero-order valence-corrected chi connectivity index (χ0v) is 32.1. The number of benzene rings is 1. The van der Waals surface area contributed by atoms with Crippen molar-refractivity contribution in [2.45, 2.75) is 118 Å². The Kier molecular flexibility index (Phi) is 17.6. The number of halogens is 5. The van der Waals surface area contributed by atoms with Gasteiger partial charge >= 0.3 is 6.18 Å². The molecule has 3 rings (SSSR count). The van der Waals surface area contributed by atoms with E-state index in [2.05, 4.69) is 49.6 Å². The molecule has 0 fully saturated rings. The summed E-state index contributed by atoms with van der Waals surface area (Å²) in [5.74, 6) is -3.05. The zero-order chi connectivity index (χ0) is 39.9. The van der Waals surface area contributed by atoms with Crippen LogP contribution in [0.4, 0.5) is 27.8 Å². The third-order valence-electron chi connectivity index (χ3n) is 9.20. The number of pyridine rings is 1. The van der Waals surface area contributed by atoms with Crippen LogP contribution in [0, 0.1) is 17.8 Å². The van der Waals surface area contributed by atoms with Gasteiger partial charge in [-0.1, -0.05) is 79.9 Å². The van der Waals surface area contributed by atoms with Crippen LogP contribution in [0.1, 0.15) is 127 Å². The number of nitrogens with zero attached hydrogens (tertiary/aromatic N) is 3. The molecule has 0 bridgehead atoms. The molecule has 1 aromatic heterocycles. The Morgan fingerprint density at radius 3 is 2.28 bits per heavy atom. The van der Waals surface area contributed by atoms with Crippen molar-refractivity contribution < 1.29 is 31.5 Å². The van der Waals surface area contributed by atoms with Crippen LogP contribution in [0.5, 0.6) is 0 Å². The van der Waals surface area contributed by atoms with E-state index in [4.69, 9.17) is 5.73 Å². The van der Waals surface area contributed by atoms with Crippen LogP contribution < -0.4 is 11.1 Å². The van der Waals surface area contributed by atoms with E-state index in [1.807, 2.05) is 17.9 Å². The zero-order valence-electron chi connectivity index (χ0n) is 32.1. The standard InChI is InChI=1S/C27H30F3N5O.C14H26F2O/c1-5-8-18-15-19(26(36)34-22-16-20(11-12-32-22)27(28,29)30)9-10-21(18)23(17(4)6-2)24-25(31)33-13-14-35(24)7-3;1-11(2)7-5-6-8-12(3)14(15,16)10-9-13(4)17/h7,9-17H,3,5-6,8H2,1-2,4H3,(H2,31,33)(H,32,34,36);11-12H,5-10H2,1-4H3/b24-23+;. The number of aryl methyl sites for hydroxylation is 1. The first kappa shape index (κ1) is 44.8. The van der Waals surface area contributed by atoms with Crippen LogP contribution in [0.3, 0.4) is 0 Å². The molecule has 0 aliphatic carbocycles. The molecule has 1 aliphatic rings. The number of rotatable bonds is 17. The molecule has 2 unspecified atom stereocenters. The Morgan fingerprint density at radius 1 is 1.02 bits per heavy atom. The van der Waals surface area contributed by atoms with Gasteiger partial charge in [0.25, 0.3) is 11.8 Å². The van der Waals surface area contributed by atoms with Crippen molar-refractivity contribution in [3.8, 4) is 0 Å². The highest BCUT2D eigenvalue weighted by Gasteiger charge is 2.35. The first-order chi connectivity index (χ1) is 24.9. The SMILES string of the molecule is C=CN1C=CN=C(N)/C1=C(\c1ccc(C(=O)Nc2cc(C(F)(F)F)ccn2)cc1CCC)C(C)CC.CC(=O)CCC(F)(F)C(C)CCCCC(C)C. The fourth-order valence-electron chi connectivity index (χ4n) is 5.85. The number of nitrogens with one attached hydrogen (secondary N) is 1. The van der Waals surface area contributed by atoms with Crippen LogP contribution in [-0.4, -0.2) is 33.3 Å². The lowest BCUT2D eigenvalue weighted by atomic mass is 9.85. The molecular formula is C41H56F5N5O2. The van der Waals surface area contributed by atoms with Gasteiger partial charge in [-0.15, -0.1) is 0 Å². The Balaban J connectivity index is 0.000000482. The van der Waals surface area contributed by atoms with Crippen molar-refractivity contribution in [2.75, 3.05) is 5.32 Å². The number of anilines is 1.